The molecular formula is C21H24N2O3. The lowest BCUT2D eigenvalue weighted by Crippen LogP contribution is -2.40. The Morgan fingerprint density at radius 1 is 1.04 bits per heavy atom. The largest absolute Gasteiger partial charge is 0.444 e. The van der Waals surface area contributed by atoms with E-state index in [1.165, 1.54) is 0 Å². The number of nitrogens with one attached hydrogen (secondary N) is 2. The minimum Gasteiger partial charge on any atom is -0.444 e. The Bertz CT molecular complexity index is 762. The molecule has 1 unspecified atom stereocenters. The summed E-state index contributed by atoms with van der Waals surface area (Å²) < 4.78 is 5.28. The van der Waals surface area contributed by atoms with Crippen LogP contribution in [-0.2, 0) is 9.53 Å². The van der Waals surface area contributed by atoms with E-state index in [1.807, 2.05) is 30.3 Å². The molecule has 0 aromatic heterocycles. The van der Waals surface area contributed by atoms with Crippen LogP contribution in [0.1, 0.15) is 37.9 Å². The molecule has 2 amide bonds. The van der Waals surface area contributed by atoms with Crippen LogP contribution < -0.4 is 10.6 Å². The third-order valence-corrected chi connectivity index (χ3v) is 3.47. The van der Waals surface area contributed by atoms with Gasteiger partial charge >= 0.3 is 6.09 Å². The van der Waals surface area contributed by atoms with E-state index in [-0.39, 0.29) is 5.91 Å². The zero-order chi connectivity index (χ0) is 19.2. The highest BCUT2D eigenvalue weighted by molar-refractivity contribution is 5.97. The second kappa shape index (κ2) is 8.34. The van der Waals surface area contributed by atoms with Crippen molar-refractivity contribution < 1.29 is 14.3 Å². The smallest absolute Gasteiger partial charge is 0.408 e. The number of benzene rings is 2. The maximum atomic E-state index is 12.8. The van der Waals surface area contributed by atoms with Gasteiger partial charge in [0.25, 0.3) is 5.91 Å². The van der Waals surface area contributed by atoms with Crippen LogP contribution in [0, 0.1) is 0 Å². The molecule has 0 saturated heterocycles. The number of carbonyl (C=O) groups is 2. The van der Waals surface area contributed by atoms with Crippen LogP contribution in [0.5, 0.6) is 0 Å². The van der Waals surface area contributed by atoms with Gasteiger partial charge in [0.1, 0.15) is 11.6 Å². The molecule has 2 rings (SSSR count). The van der Waals surface area contributed by atoms with Crippen LogP contribution in [0.25, 0.3) is 6.08 Å². The van der Waals surface area contributed by atoms with E-state index in [1.54, 1.807) is 51.1 Å². The first-order valence-corrected chi connectivity index (χ1v) is 8.36. The van der Waals surface area contributed by atoms with Crippen LogP contribution in [0.2, 0.25) is 0 Å². The summed E-state index contributed by atoms with van der Waals surface area (Å²) >= 11 is 0. The van der Waals surface area contributed by atoms with Crippen molar-refractivity contribution in [2.45, 2.75) is 32.4 Å². The van der Waals surface area contributed by atoms with Crippen LogP contribution in [0.15, 0.2) is 61.2 Å². The third kappa shape index (κ3) is 5.77. The van der Waals surface area contributed by atoms with Gasteiger partial charge in [-0.25, -0.2) is 4.79 Å². The van der Waals surface area contributed by atoms with Gasteiger partial charge in [-0.05, 0) is 44.0 Å². The highest BCUT2D eigenvalue weighted by atomic mass is 16.6. The van der Waals surface area contributed by atoms with Gasteiger partial charge < -0.3 is 15.4 Å². The molecule has 0 aliphatic heterocycles. The molecule has 2 aromatic carbocycles. The van der Waals surface area contributed by atoms with Crippen molar-refractivity contribution in [3.05, 3.63) is 72.3 Å². The van der Waals surface area contributed by atoms with Gasteiger partial charge in [0.2, 0.25) is 0 Å². The predicted octanol–water partition coefficient (Wildman–Crippen LogP) is 4.53. The molecule has 0 aliphatic rings. The standard InChI is InChI=1S/C21H24N2O3/c1-5-15-11-13-17(14-12-15)22-19(24)18(16-9-7-6-8-10-16)23-20(25)26-21(2,3)4/h5-14,18H,1H2,2-4H3,(H,22,24)(H,23,25). The number of hydrogen-bond acceptors (Lipinski definition) is 3. The highest BCUT2D eigenvalue weighted by Gasteiger charge is 2.25. The summed E-state index contributed by atoms with van der Waals surface area (Å²) in [6.45, 7) is 9.01. The summed E-state index contributed by atoms with van der Waals surface area (Å²) in [5.41, 5.74) is 1.60. The molecule has 0 fully saturated rings. The molecule has 26 heavy (non-hydrogen) atoms. The highest BCUT2D eigenvalue weighted by Crippen LogP contribution is 2.18. The van der Waals surface area contributed by atoms with Gasteiger partial charge in [0.05, 0.1) is 0 Å². The summed E-state index contributed by atoms with van der Waals surface area (Å²) in [5.74, 6) is -0.353. The van der Waals surface area contributed by atoms with Gasteiger partial charge in [0, 0.05) is 5.69 Å². The zero-order valence-electron chi connectivity index (χ0n) is 15.3. The minimum atomic E-state index is -0.870. The van der Waals surface area contributed by atoms with Gasteiger partial charge in [-0.15, -0.1) is 0 Å². The summed E-state index contributed by atoms with van der Waals surface area (Å²) in [5, 5.41) is 5.46. The Hall–Kier alpha value is -3.08. The van der Waals surface area contributed by atoms with Gasteiger partial charge in [0.15, 0.2) is 0 Å². The molecule has 136 valence electrons. The summed E-state index contributed by atoms with van der Waals surface area (Å²) in [6, 6.07) is 15.4. The number of ether oxygens (including phenoxy) is 1. The summed E-state index contributed by atoms with van der Waals surface area (Å²) in [6.07, 6.45) is 1.08. The molecule has 0 spiro atoms. The van der Waals surface area contributed by atoms with Crippen molar-refractivity contribution in [2.75, 3.05) is 5.32 Å². The molecule has 0 saturated carbocycles. The first-order chi connectivity index (χ1) is 12.3. The quantitative estimate of drug-likeness (QED) is 0.830. The Morgan fingerprint density at radius 3 is 2.19 bits per heavy atom. The minimum absolute atomic E-state index is 0.353. The molecule has 0 heterocycles. The molecule has 1 atom stereocenters. The van der Waals surface area contributed by atoms with Crippen LogP contribution in [0.3, 0.4) is 0 Å². The lowest BCUT2D eigenvalue weighted by atomic mass is 10.1. The SMILES string of the molecule is C=Cc1ccc(NC(=O)C(NC(=O)OC(C)(C)C)c2ccccc2)cc1. The first kappa shape index (κ1) is 19.2. The number of hydrogen-bond donors (Lipinski definition) is 2. The molecule has 0 bridgehead atoms. The maximum Gasteiger partial charge on any atom is 0.408 e. The average molecular weight is 352 g/mol. The number of carbonyl (C=O) groups excluding carboxylic acids is 2. The predicted molar refractivity (Wildman–Crippen MR) is 104 cm³/mol. The lowest BCUT2D eigenvalue weighted by molar-refractivity contribution is -0.118. The molecule has 2 N–H and O–H groups in total. The molecule has 5 heteroatoms. The van der Waals surface area contributed by atoms with E-state index in [9.17, 15) is 9.59 Å². The van der Waals surface area contributed by atoms with Crippen LogP contribution in [0.4, 0.5) is 10.5 Å². The first-order valence-electron chi connectivity index (χ1n) is 8.36. The van der Waals surface area contributed by atoms with Crippen molar-refractivity contribution in [3.8, 4) is 0 Å². The Morgan fingerprint density at radius 2 is 1.65 bits per heavy atom. The van der Waals surface area contributed by atoms with E-state index in [4.69, 9.17) is 4.74 Å². The van der Waals surface area contributed by atoms with Crippen LogP contribution >= 0.6 is 0 Å². The Labute approximate surface area is 154 Å². The van der Waals surface area contributed by atoms with Crippen molar-refractivity contribution in [1.29, 1.82) is 0 Å². The number of rotatable bonds is 5. The molecule has 0 aliphatic carbocycles. The second-order valence-electron chi connectivity index (χ2n) is 6.81. The number of alkyl carbamates (subject to hydrolysis) is 1. The van der Waals surface area contributed by atoms with Crippen molar-refractivity contribution in [2.24, 2.45) is 0 Å². The zero-order valence-corrected chi connectivity index (χ0v) is 15.3. The average Bonchev–Trinajstić information content (AvgIpc) is 2.59. The molecule has 5 nitrogen and oxygen atoms in total. The van der Waals surface area contributed by atoms with Gasteiger partial charge in [-0.3, -0.25) is 4.79 Å². The van der Waals surface area contributed by atoms with Crippen molar-refractivity contribution >= 4 is 23.8 Å². The van der Waals surface area contributed by atoms with Crippen molar-refractivity contribution in [1.82, 2.24) is 5.32 Å². The maximum absolute atomic E-state index is 12.8. The fourth-order valence-corrected chi connectivity index (χ4v) is 2.29. The normalized spacial score (nSPS) is 12.0. The van der Waals surface area contributed by atoms with Crippen LogP contribution in [-0.4, -0.2) is 17.6 Å². The number of amides is 2. The van der Waals surface area contributed by atoms with Crippen molar-refractivity contribution in [3.63, 3.8) is 0 Å². The summed E-state index contributed by atoms with van der Waals surface area (Å²) in [4.78, 5) is 24.9. The van der Waals surface area contributed by atoms with E-state index in [2.05, 4.69) is 17.2 Å². The summed E-state index contributed by atoms with van der Waals surface area (Å²) in [7, 11) is 0. The van der Waals surface area contributed by atoms with E-state index >= 15 is 0 Å². The topological polar surface area (TPSA) is 67.4 Å². The van der Waals surface area contributed by atoms with E-state index < -0.39 is 17.7 Å². The number of anilines is 1. The fourth-order valence-electron chi connectivity index (χ4n) is 2.29. The van der Waals surface area contributed by atoms with E-state index in [0.717, 1.165) is 5.56 Å². The molecular weight excluding hydrogens is 328 g/mol. The van der Waals surface area contributed by atoms with Gasteiger partial charge in [-0.2, -0.15) is 0 Å². The van der Waals surface area contributed by atoms with E-state index in [0.29, 0.717) is 11.3 Å². The molecule has 2 aromatic rings. The Kier molecular flexibility index (Phi) is 6.17. The lowest BCUT2D eigenvalue weighted by Gasteiger charge is -2.23. The second-order valence-corrected chi connectivity index (χ2v) is 6.81. The fraction of sp³-hybridized carbons (Fsp3) is 0.238. The monoisotopic (exact) mass is 352 g/mol. The third-order valence-electron chi connectivity index (χ3n) is 3.47. The van der Waals surface area contributed by atoms with Gasteiger partial charge in [-0.1, -0.05) is 55.1 Å². The Balaban J connectivity index is 2.18. The molecule has 0 radical (unpaired) electrons.